The van der Waals surface area contributed by atoms with Crippen LogP contribution in [0, 0.1) is 10.1 Å². The molecule has 0 aliphatic carbocycles. The van der Waals surface area contributed by atoms with Crippen LogP contribution >= 0.6 is 23.4 Å². The highest BCUT2D eigenvalue weighted by atomic mass is 35.5. The van der Waals surface area contributed by atoms with Crippen LogP contribution in [-0.4, -0.2) is 16.6 Å². The lowest BCUT2D eigenvalue weighted by atomic mass is 10.3. The molecule has 0 atom stereocenters. The Balaban J connectivity index is 1.91. The zero-order chi connectivity index (χ0) is 15.9. The normalized spacial score (nSPS) is 10.2. The number of thioether (sulfide) groups is 1. The standard InChI is InChI=1S/C15H12ClNO4S/c16-12-7-4-8-13(17(19)20)15(12)22-10-9-14(18)21-11-5-2-1-3-6-11/h1-8H,9-10H2. The summed E-state index contributed by atoms with van der Waals surface area (Å²) in [4.78, 5) is 22.5. The number of ether oxygens (including phenoxy) is 1. The van der Waals surface area contributed by atoms with E-state index in [1.165, 1.54) is 23.9 Å². The molecule has 0 fully saturated rings. The Morgan fingerprint density at radius 2 is 1.91 bits per heavy atom. The molecule has 2 aromatic rings. The minimum absolute atomic E-state index is 0.0612. The van der Waals surface area contributed by atoms with Gasteiger partial charge >= 0.3 is 5.97 Å². The van der Waals surface area contributed by atoms with Crippen LogP contribution < -0.4 is 4.74 Å². The first-order chi connectivity index (χ1) is 10.6. The third-order valence-electron chi connectivity index (χ3n) is 2.67. The molecular weight excluding hydrogens is 326 g/mol. The van der Waals surface area contributed by atoms with E-state index in [9.17, 15) is 14.9 Å². The topological polar surface area (TPSA) is 69.4 Å². The summed E-state index contributed by atoms with van der Waals surface area (Å²) in [5.74, 6) is 0.422. The highest BCUT2D eigenvalue weighted by Gasteiger charge is 2.17. The van der Waals surface area contributed by atoms with Gasteiger partial charge in [-0.1, -0.05) is 35.9 Å². The van der Waals surface area contributed by atoms with E-state index in [0.717, 1.165) is 0 Å². The second-order valence-corrected chi connectivity index (χ2v) is 5.74. The molecule has 22 heavy (non-hydrogen) atoms. The number of carbonyl (C=O) groups excluding carboxylic acids is 1. The van der Waals surface area contributed by atoms with Crippen molar-refractivity contribution in [3.63, 3.8) is 0 Å². The lowest BCUT2D eigenvalue weighted by Gasteiger charge is -2.06. The molecule has 0 aliphatic heterocycles. The summed E-state index contributed by atoms with van der Waals surface area (Å²) in [5, 5.41) is 11.3. The molecule has 0 aromatic heterocycles. The van der Waals surface area contributed by atoms with E-state index in [-0.39, 0.29) is 12.1 Å². The van der Waals surface area contributed by atoms with Gasteiger partial charge in [0.25, 0.3) is 5.69 Å². The van der Waals surface area contributed by atoms with E-state index in [0.29, 0.717) is 21.4 Å². The minimum atomic E-state index is -0.490. The number of hydrogen-bond donors (Lipinski definition) is 0. The van der Waals surface area contributed by atoms with Gasteiger partial charge < -0.3 is 4.74 Å². The molecule has 0 amide bonds. The van der Waals surface area contributed by atoms with Crippen molar-refractivity contribution in [2.24, 2.45) is 0 Å². The van der Waals surface area contributed by atoms with Gasteiger partial charge in [0.1, 0.15) is 10.6 Å². The van der Waals surface area contributed by atoms with Gasteiger partial charge in [-0.05, 0) is 18.2 Å². The van der Waals surface area contributed by atoms with Gasteiger partial charge in [0.2, 0.25) is 0 Å². The average molecular weight is 338 g/mol. The maximum Gasteiger partial charge on any atom is 0.312 e. The van der Waals surface area contributed by atoms with E-state index in [2.05, 4.69) is 0 Å². The number of hydrogen-bond acceptors (Lipinski definition) is 5. The van der Waals surface area contributed by atoms with Crippen LogP contribution in [0.2, 0.25) is 5.02 Å². The van der Waals surface area contributed by atoms with Gasteiger partial charge in [0.05, 0.1) is 16.4 Å². The molecule has 2 rings (SSSR count). The third-order valence-corrected chi connectivity index (χ3v) is 4.22. The summed E-state index contributed by atoms with van der Waals surface area (Å²) in [6.07, 6.45) is 0.127. The van der Waals surface area contributed by atoms with Gasteiger partial charge in [-0.15, -0.1) is 11.8 Å². The average Bonchev–Trinajstić information content (AvgIpc) is 2.49. The van der Waals surface area contributed by atoms with Crippen molar-refractivity contribution in [1.82, 2.24) is 0 Å². The number of halogens is 1. The quantitative estimate of drug-likeness (QED) is 0.258. The van der Waals surface area contributed by atoms with E-state index >= 15 is 0 Å². The fourth-order valence-electron chi connectivity index (χ4n) is 1.69. The monoisotopic (exact) mass is 337 g/mol. The molecule has 0 radical (unpaired) electrons. The lowest BCUT2D eigenvalue weighted by Crippen LogP contribution is -2.08. The van der Waals surface area contributed by atoms with Crippen molar-refractivity contribution in [3.8, 4) is 5.75 Å². The Morgan fingerprint density at radius 3 is 2.59 bits per heavy atom. The SMILES string of the molecule is O=C(CCSc1c(Cl)cccc1[N+](=O)[O-])Oc1ccccc1. The number of rotatable bonds is 6. The van der Waals surface area contributed by atoms with Gasteiger partial charge in [0.15, 0.2) is 0 Å². The first-order valence-electron chi connectivity index (χ1n) is 6.39. The zero-order valence-corrected chi connectivity index (χ0v) is 13.0. The third kappa shape index (κ3) is 4.47. The van der Waals surface area contributed by atoms with Crippen molar-refractivity contribution >= 4 is 35.0 Å². The Morgan fingerprint density at radius 1 is 1.18 bits per heavy atom. The van der Waals surface area contributed by atoms with Gasteiger partial charge in [-0.25, -0.2) is 0 Å². The van der Waals surface area contributed by atoms with E-state index in [1.54, 1.807) is 30.3 Å². The van der Waals surface area contributed by atoms with Crippen LogP contribution in [0.1, 0.15) is 6.42 Å². The molecule has 0 N–H and O–H groups in total. The van der Waals surface area contributed by atoms with Crippen molar-refractivity contribution in [1.29, 1.82) is 0 Å². The number of benzene rings is 2. The number of nitrogens with zero attached hydrogens (tertiary/aromatic N) is 1. The predicted molar refractivity (Wildman–Crippen MR) is 85.5 cm³/mol. The van der Waals surface area contributed by atoms with Crippen LogP contribution in [0.15, 0.2) is 53.4 Å². The second-order valence-electron chi connectivity index (χ2n) is 4.23. The van der Waals surface area contributed by atoms with Crippen molar-refractivity contribution in [2.75, 3.05) is 5.75 Å². The zero-order valence-electron chi connectivity index (χ0n) is 11.4. The molecule has 0 unspecified atom stereocenters. The van der Waals surface area contributed by atoms with Crippen molar-refractivity contribution < 1.29 is 14.5 Å². The molecule has 2 aromatic carbocycles. The molecule has 0 bridgehead atoms. The smallest absolute Gasteiger partial charge is 0.312 e. The van der Waals surface area contributed by atoms with Crippen LogP contribution in [0.5, 0.6) is 5.75 Å². The van der Waals surface area contributed by atoms with Crippen LogP contribution in [0.3, 0.4) is 0 Å². The van der Waals surface area contributed by atoms with Crippen molar-refractivity contribution in [2.45, 2.75) is 11.3 Å². The molecule has 5 nitrogen and oxygen atoms in total. The summed E-state index contributed by atoms with van der Waals surface area (Å²) in [6, 6.07) is 13.2. The number of carbonyl (C=O) groups is 1. The largest absolute Gasteiger partial charge is 0.427 e. The second kappa shape index (κ2) is 7.82. The minimum Gasteiger partial charge on any atom is -0.427 e. The van der Waals surface area contributed by atoms with E-state index in [4.69, 9.17) is 16.3 Å². The number of para-hydroxylation sites is 1. The van der Waals surface area contributed by atoms with Gasteiger partial charge in [0, 0.05) is 11.8 Å². The highest BCUT2D eigenvalue weighted by molar-refractivity contribution is 7.99. The molecule has 114 valence electrons. The Bertz CT molecular complexity index is 678. The van der Waals surface area contributed by atoms with Crippen LogP contribution in [0.25, 0.3) is 0 Å². The molecule has 0 saturated carbocycles. The molecule has 0 spiro atoms. The van der Waals surface area contributed by atoms with Crippen LogP contribution in [-0.2, 0) is 4.79 Å². The summed E-state index contributed by atoms with van der Waals surface area (Å²) in [7, 11) is 0. The summed E-state index contributed by atoms with van der Waals surface area (Å²) in [6.45, 7) is 0. The molecular formula is C15H12ClNO4S. The predicted octanol–water partition coefficient (Wildman–Crippen LogP) is 4.34. The summed E-state index contributed by atoms with van der Waals surface area (Å²) < 4.78 is 5.14. The molecule has 0 heterocycles. The Labute approximate surface area is 136 Å². The van der Waals surface area contributed by atoms with Gasteiger partial charge in [-0.2, -0.15) is 0 Å². The first-order valence-corrected chi connectivity index (χ1v) is 7.75. The molecule has 7 heteroatoms. The van der Waals surface area contributed by atoms with Gasteiger partial charge in [-0.3, -0.25) is 14.9 Å². The lowest BCUT2D eigenvalue weighted by molar-refractivity contribution is -0.387. The fourth-order valence-corrected chi connectivity index (χ4v) is 2.99. The molecule has 0 saturated heterocycles. The van der Waals surface area contributed by atoms with Crippen molar-refractivity contribution in [3.05, 3.63) is 63.7 Å². The van der Waals surface area contributed by atoms with E-state index < -0.39 is 10.9 Å². The van der Waals surface area contributed by atoms with Crippen LogP contribution in [0.4, 0.5) is 5.69 Å². The Kier molecular flexibility index (Phi) is 5.80. The first kappa shape index (κ1) is 16.3. The highest BCUT2D eigenvalue weighted by Crippen LogP contribution is 2.35. The fraction of sp³-hybridized carbons (Fsp3) is 0.133. The number of esters is 1. The number of nitro groups is 1. The maximum atomic E-state index is 11.7. The van der Waals surface area contributed by atoms with E-state index in [1.807, 2.05) is 6.07 Å². The maximum absolute atomic E-state index is 11.7. The molecule has 0 aliphatic rings. The number of nitro benzene ring substituents is 1. The summed E-state index contributed by atoms with van der Waals surface area (Å²) in [5.41, 5.74) is -0.0612. The summed E-state index contributed by atoms with van der Waals surface area (Å²) >= 11 is 7.14. The Hall–Kier alpha value is -2.05.